The third-order valence-electron chi connectivity index (χ3n) is 8.39. The Kier molecular flexibility index (Phi) is 12.2. The molecule has 0 aliphatic carbocycles. The first-order valence-electron chi connectivity index (χ1n) is 16.2. The monoisotopic (exact) mass is 825 g/mol. The van der Waals surface area contributed by atoms with Gasteiger partial charge in [-0.15, -0.1) is 53.1 Å². The largest absolute Gasteiger partial charge is 3.00 e. The number of nitrogens with zero attached hydrogens (tertiary/aromatic N) is 3. The summed E-state index contributed by atoms with van der Waals surface area (Å²) >= 11 is 0. The molecule has 1 aliphatic heterocycles. The second kappa shape index (κ2) is 17.1. The molecule has 4 heteroatoms. The van der Waals surface area contributed by atoms with Gasteiger partial charge < -0.3 is 14.8 Å². The maximum atomic E-state index is 4.46. The Morgan fingerprint density at radius 3 is 1.86 bits per heavy atom. The first-order chi connectivity index (χ1) is 24.0. The van der Waals surface area contributed by atoms with Gasteiger partial charge >= 0.3 is 20.1 Å². The fourth-order valence-corrected chi connectivity index (χ4v) is 5.72. The minimum atomic E-state index is 0. The molecule has 1 unspecified atom stereocenters. The Morgan fingerprint density at radius 2 is 1.30 bits per heavy atom. The van der Waals surface area contributed by atoms with Gasteiger partial charge in [-0.3, -0.25) is 7.05 Å². The molecule has 0 bridgehead atoms. The zero-order valence-corrected chi connectivity index (χ0v) is 30.2. The zero-order valence-electron chi connectivity index (χ0n) is 27.8. The number of hydrogen-bond donors (Lipinski definition) is 0. The van der Waals surface area contributed by atoms with Gasteiger partial charge in [0, 0.05) is 23.3 Å². The van der Waals surface area contributed by atoms with Gasteiger partial charge in [-0.05, 0) is 83.2 Å². The maximum Gasteiger partial charge on any atom is 3.00 e. The van der Waals surface area contributed by atoms with Crippen molar-refractivity contribution in [3.05, 3.63) is 220 Å². The fraction of sp³-hybridized carbons (Fsp3) is 0.0217. The van der Waals surface area contributed by atoms with E-state index in [0.29, 0.717) is 0 Å². The quantitative estimate of drug-likeness (QED) is 0.143. The molecule has 6 aromatic rings. The molecule has 1 aliphatic rings. The zero-order chi connectivity index (χ0) is 34.0. The van der Waals surface area contributed by atoms with E-state index < -0.39 is 0 Å². The van der Waals surface area contributed by atoms with Crippen LogP contribution in [0.1, 0.15) is 28.3 Å². The topological polar surface area (TPSA) is 19.4 Å². The number of anilines is 3. The average molecular weight is 825 g/mol. The minimum absolute atomic E-state index is 0. The van der Waals surface area contributed by atoms with Gasteiger partial charge in [-0.2, -0.15) is 18.6 Å². The number of rotatable bonds is 8. The second-order valence-electron chi connectivity index (χ2n) is 11.6. The molecule has 0 N–H and O–H groups in total. The molecule has 0 spiro atoms. The van der Waals surface area contributed by atoms with Gasteiger partial charge in [-0.1, -0.05) is 92.1 Å². The SMILES string of the molecule is C=Cc1ccc(N(c2ccc(C=C)cc2)c2ccc(-c3cc[c-]c(-c4ccccn4)c3)cc2)cc1.[CH2-]c1ccccc1C1C=CC=CN1[CH2-].[Ir+3]. The van der Waals surface area contributed by atoms with Crippen LogP contribution in [0.25, 0.3) is 34.5 Å². The van der Waals surface area contributed by atoms with Crippen LogP contribution >= 0.6 is 0 Å². The van der Waals surface area contributed by atoms with Crippen LogP contribution in [0.3, 0.4) is 0 Å². The van der Waals surface area contributed by atoms with Crippen LogP contribution in [0.2, 0.25) is 0 Å². The average Bonchev–Trinajstić information content (AvgIpc) is 3.17. The van der Waals surface area contributed by atoms with E-state index in [1.807, 2.05) is 84.1 Å². The molecule has 0 radical (unpaired) electrons. The minimum Gasteiger partial charge on any atom is -0.531 e. The smallest absolute Gasteiger partial charge is 0.531 e. The Hall–Kier alpha value is -5.67. The van der Waals surface area contributed by atoms with E-state index in [1.54, 1.807) is 0 Å². The molecule has 2 heterocycles. The van der Waals surface area contributed by atoms with E-state index in [1.165, 1.54) is 5.56 Å². The molecule has 0 saturated carbocycles. The summed E-state index contributed by atoms with van der Waals surface area (Å²) in [5, 5.41) is 0. The number of hydrogen-bond acceptors (Lipinski definition) is 3. The molecule has 3 nitrogen and oxygen atoms in total. The van der Waals surface area contributed by atoms with Crippen molar-refractivity contribution in [1.82, 2.24) is 9.88 Å². The molecule has 7 rings (SSSR count). The maximum absolute atomic E-state index is 4.46. The van der Waals surface area contributed by atoms with Gasteiger partial charge in [0.05, 0.1) is 0 Å². The van der Waals surface area contributed by atoms with Crippen molar-refractivity contribution >= 4 is 29.2 Å². The van der Waals surface area contributed by atoms with Crippen molar-refractivity contribution < 1.29 is 20.1 Å². The van der Waals surface area contributed by atoms with E-state index >= 15 is 0 Å². The van der Waals surface area contributed by atoms with E-state index in [0.717, 1.165) is 56.1 Å². The van der Waals surface area contributed by atoms with Crippen LogP contribution in [0, 0.1) is 20.0 Å². The Morgan fingerprint density at radius 1 is 0.700 bits per heavy atom. The second-order valence-corrected chi connectivity index (χ2v) is 11.6. The molecule has 0 saturated heterocycles. The summed E-state index contributed by atoms with van der Waals surface area (Å²) in [6, 6.07) is 49.3. The summed E-state index contributed by atoms with van der Waals surface area (Å²) in [7, 11) is 3.96. The summed E-state index contributed by atoms with van der Waals surface area (Å²) in [5.41, 5.74) is 11.9. The van der Waals surface area contributed by atoms with E-state index in [-0.39, 0.29) is 26.1 Å². The standard InChI is InChI=1S/C33H25N2.C13H13N.Ir/c1-3-25-11-17-30(18-12-25)35(31-19-13-26(4-2)14-20-31)32-21-15-27(16-22-32)28-8-7-9-29(24-28)33-10-5-6-23-34-33;1-11-7-3-4-8-12(11)13-9-5-6-10-14(13)2;/h3-8,10-24H,1-2H2;3-10,13H,1-2H2;/q-1;-2;+3. The van der Waals surface area contributed by atoms with Gasteiger partial charge in [-0.25, -0.2) is 0 Å². The van der Waals surface area contributed by atoms with E-state index in [4.69, 9.17) is 0 Å². The predicted octanol–water partition coefficient (Wildman–Crippen LogP) is 12.1. The molecule has 5 aromatic carbocycles. The van der Waals surface area contributed by atoms with E-state index in [2.05, 4.69) is 140 Å². The number of aromatic nitrogens is 1. The predicted molar refractivity (Wildman–Crippen MR) is 208 cm³/mol. The molecule has 50 heavy (non-hydrogen) atoms. The summed E-state index contributed by atoms with van der Waals surface area (Å²) < 4.78 is 0. The van der Waals surface area contributed by atoms with E-state index in [9.17, 15) is 0 Å². The Bertz CT molecular complexity index is 2010. The number of allylic oxidation sites excluding steroid dienone is 2. The van der Waals surface area contributed by atoms with Crippen molar-refractivity contribution in [1.29, 1.82) is 0 Å². The van der Waals surface area contributed by atoms with Gasteiger partial charge in [0.1, 0.15) is 0 Å². The van der Waals surface area contributed by atoms with Crippen LogP contribution in [0.5, 0.6) is 0 Å². The summed E-state index contributed by atoms with van der Waals surface area (Å²) in [6.45, 7) is 11.8. The van der Waals surface area contributed by atoms with Crippen molar-refractivity contribution in [3.63, 3.8) is 0 Å². The normalized spacial score (nSPS) is 13.0. The third kappa shape index (κ3) is 8.48. The van der Waals surface area contributed by atoms with Gasteiger partial charge in [0.2, 0.25) is 0 Å². The van der Waals surface area contributed by atoms with Crippen molar-refractivity contribution in [2.24, 2.45) is 0 Å². The van der Waals surface area contributed by atoms with Crippen molar-refractivity contribution in [2.45, 2.75) is 6.04 Å². The molecule has 0 fully saturated rings. The Balaban J connectivity index is 0.000000271. The first-order valence-corrected chi connectivity index (χ1v) is 16.2. The summed E-state index contributed by atoms with van der Waals surface area (Å²) in [5.74, 6) is 0. The fourth-order valence-electron chi connectivity index (χ4n) is 5.72. The summed E-state index contributed by atoms with van der Waals surface area (Å²) in [4.78, 5) is 8.65. The molecule has 246 valence electrons. The van der Waals surface area contributed by atoms with Crippen LogP contribution in [0.15, 0.2) is 177 Å². The van der Waals surface area contributed by atoms with Crippen LogP contribution < -0.4 is 4.90 Å². The number of benzene rings is 5. The first kappa shape index (κ1) is 35.6. The molecular weight excluding hydrogens is 787 g/mol. The Labute approximate surface area is 310 Å². The summed E-state index contributed by atoms with van der Waals surface area (Å²) in [6.07, 6.45) is 13.6. The van der Waals surface area contributed by atoms with Crippen LogP contribution in [0.4, 0.5) is 17.1 Å². The van der Waals surface area contributed by atoms with Crippen LogP contribution in [-0.4, -0.2) is 9.88 Å². The molecule has 0 amide bonds. The van der Waals surface area contributed by atoms with Crippen molar-refractivity contribution in [3.8, 4) is 22.4 Å². The van der Waals surface area contributed by atoms with Gasteiger partial charge in [0.25, 0.3) is 0 Å². The van der Waals surface area contributed by atoms with Gasteiger partial charge in [0.15, 0.2) is 0 Å². The number of pyridine rings is 1. The molecular formula is C46H38IrN3. The molecule has 1 aromatic heterocycles. The van der Waals surface area contributed by atoms with Crippen LogP contribution in [-0.2, 0) is 20.1 Å². The molecule has 1 atom stereocenters. The third-order valence-corrected chi connectivity index (χ3v) is 8.39. The van der Waals surface area contributed by atoms with Crippen molar-refractivity contribution in [2.75, 3.05) is 4.90 Å².